The summed E-state index contributed by atoms with van der Waals surface area (Å²) in [4.78, 5) is 12.4. The SMILES string of the molecule is CCC(CC)(CC)NC(=O)c1ccc(C)c(S(N)(=O)=O)c1. The van der Waals surface area contributed by atoms with Crippen molar-refractivity contribution in [3.63, 3.8) is 0 Å². The van der Waals surface area contributed by atoms with E-state index in [1.165, 1.54) is 6.07 Å². The number of nitrogens with two attached hydrogens (primary N) is 1. The molecule has 21 heavy (non-hydrogen) atoms. The third kappa shape index (κ3) is 4.04. The average Bonchev–Trinajstić information content (AvgIpc) is 2.44. The van der Waals surface area contributed by atoms with Crippen molar-refractivity contribution >= 4 is 15.9 Å². The van der Waals surface area contributed by atoms with Crippen LogP contribution in [0.1, 0.15) is 56.0 Å². The van der Waals surface area contributed by atoms with Crippen molar-refractivity contribution in [1.82, 2.24) is 5.32 Å². The Morgan fingerprint density at radius 3 is 2.14 bits per heavy atom. The molecule has 0 aliphatic rings. The molecule has 1 aromatic rings. The number of primary sulfonamides is 1. The van der Waals surface area contributed by atoms with Crippen molar-refractivity contribution < 1.29 is 13.2 Å². The number of carbonyl (C=O) groups excluding carboxylic acids is 1. The van der Waals surface area contributed by atoms with E-state index < -0.39 is 10.0 Å². The molecule has 5 nitrogen and oxygen atoms in total. The summed E-state index contributed by atoms with van der Waals surface area (Å²) >= 11 is 0. The van der Waals surface area contributed by atoms with Gasteiger partial charge in [0.25, 0.3) is 5.91 Å². The Bertz CT molecular complexity index is 612. The highest BCUT2D eigenvalue weighted by atomic mass is 32.2. The van der Waals surface area contributed by atoms with Crippen LogP contribution in [0.3, 0.4) is 0 Å². The molecule has 0 unspecified atom stereocenters. The van der Waals surface area contributed by atoms with Gasteiger partial charge in [-0.1, -0.05) is 26.8 Å². The van der Waals surface area contributed by atoms with Crippen molar-refractivity contribution in [2.75, 3.05) is 0 Å². The quantitative estimate of drug-likeness (QED) is 0.845. The summed E-state index contributed by atoms with van der Waals surface area (Å²) in [6.45, 7) is 7.73. The lowest BCUT2D eigenvalue weighted by Gasteiger charge is -2.31. The first-order chi connectivity index (χ1) is 9.69. The van der Waals surface area contributed by atoms with Gasteiger partial charge in [0.1, 0.15) is 0 Å². The molecule has 1 aromatic carbocycles. The van der Waals surface area contributed by atoms with Crippen LogP contribution in [0.5, 0.6) is 0 Å². The maximum atomic E-state index is 12.4. The largest absolute Gasteiger partial charge is 0.347 e. The Balaban J connectivity index is 3.15. The average molecular weight is 312 g/mol. The van der Waals surface area contributed by atoms with E-state index in [2.05, 4.69) is 5.32 Å². The number of carbonyl (C=O) groups is 1. The van der Waals surface area contributed by atoms with Crippen LogP contribution >= 0.6 is 0 Å². The van der Waals surface area contributed by atoms with Crippen LogP contribution in [0.2, 0.25) is 0 Å². The van der Waals surface area contributed by atoms with Gasteiger partial charge in [-0.05, 0) is 43.9 Å². The topological polar surface area (TPSA) is 89.3 Å². The van der Waals surface area contributed by atoms with E-state index in [0.29, 0.717) is 11.1 Å². The molecular formula is C15H24N2O3S. The highest BCUT2D eigenvalue weighted by Crippen LogP contribution is 2.21. The molecule has 0 fully saturated rings. The third-order valence-corrected chi connectivity index (χ3v) is 5.22. The summed E-state index contributed by atoms with van der Waals surface area (Å²) in [5.74, 6) is -0.273. The molecule has 0 spiro atoms. The molecule has 0 aliphatic carbocycles. The van der Waals surface area contributed by atoms with Gasteiger partial charge in [0.05, 0.1) is 4.90 Å². The molecule has 3 N–H and O–H groups in total. The molecule has 0 aromatic heterocycles. The zero-order chi connectivity index (χ0) is 16.3. The molecule has 0 bridgehead atoms. The molecule has 1 rings (SSSR count). The Morgan fingerprint density at radius 2 is 1.71 bits per heavy atom. The fraction of sp³-hybridized carbons (Fsp3) is 0.533. The molecule has 0 aliphatic heterocycles. The normalized spacial score (nSPS) is 12.2. The van der Waals surface area contributed by atoms with E-state index in [4.69, 9.17) is 5.14 Å². The number of hydrogen-bond donors (Lipinski definition) is 2. The lowest BCUT2D eigenvalue weighted by molar-refractivity contribution is 0.0888. The van der Waals surface area contributed by atoms with Crippen molar-refractivity contribution in [1.29, 1.82) is 0 Å². The summed E-state index contributed by atoms with van der Waals surface area (Å²) in [7, 11) is -3.83. The van der Waals surface area contributed by atoms with Crippen LogP contribution in [0.15, 0.2) is 23.1 Å². The number of aryl methyl sites for hydroxylation is 1. The number of sulfonamides is 1. The van der Waals surface area contributed by atoms with Gasteiger partial charge in [0.2, 0.25) is 10.0 Å². The first-order valence-corrected chi connectivity index (χ1v) is 8.69. The lowest BCUT2D eigenvalue weighted by atomic mass is 9.89. The van der Waals surface area contributed by atoms with E-state index in [9.17, 15) is 13.2 Å². The minimum absolute atomic E-state index is 0.00903. The van der Waals surface area contributed by atoms with Gasteiger partial charge in [-0.2, -0.15) is 0 Å². The van der Waals surface area contributed by atoms with Crippen LogP contribution in [0.4, 0.5) is 0 Å². The fourth-order valence-corrected chi connectivity index (χ4v) is 3.18. The highest BCUT2D eigenvalue weighted by molar-refractivity contribution is 7.89. The number of nitrogens with one attached hydrogen (secondary N) is 1. The monoisotopic (exact) mass is 312 g/mol. The molecule has 0 saturated heterocycles. The molecule has 0 heterocycles. The molecular weight excluding hydrogens is 288 g/mol. The van der Waals surface area contributed by atoms with Gasteiger partial charge in [-0.3, -0.25) is 4.79 Å². The lowest BCUT2D eigenvalue weighted by Crippen LogP contribution is -2.47. The van der Waals surface area contributed by atoms with Gasteiger partial charge in [0, 0.05) is 11.1 Å². The summed E-state index contributed by atoms with van der Waals surface area (Å²) < 4.78 is 23.1. The third-order valence-electron chi connectivity index (χ3n) is 4.17. The molecule has 0 saturated carbocycles. The second kappa shape index (κ2) is 6.58. The number of hydrogen-bond acceptors (Lipinski definition) is 3. The Hall–Kier alpha value is -1.40. The molecule has 0 atom stereocenters. The number of amides is 1. The minimum atomic E-state index is -3.83. The van der Waals surface area contributed by atoms with Crippen LogP contribution in [0.25, 0.3) is 0 Å². The summed E-state index contributed by atoms with van der Waals surface area (Å²) in [5, 5.41) is 8.19. The van der Waals surface area contributed by atoms with E-state index in [0.717, 1.165) is 19.3 Å². The smallest absolute Gasteiger partial charge is 0.251 e. The maximum Gasteiger partial charge on any atom is 0.251 e. The van der Waals surface area contributed by atoms with Gasteiger partial charge >= 0.3 is 0 Å². The molecule has 1 amide bonds. The first kappa shape index (κ1) is 17.7. The van der Waals surface area contributed by atoms with Crippen LogP contribution < -0.4 is 10.5 Å². The van der Waals surface area contributed by atoms with Crippen LogP contribution in [-0.2, 0) is 10.0 Å². The summed E-state index contributed by atoms with van der Waals surface area (Å²) in [6, 6.07) is 4.55. The second-order valence-corrected chi connectivity index (χ2v) is 6.85. The number of benzene rings is 1. The summed E-state index contributed by atoms with van der Waals surface area (Å²) in [6.07, 6.45) is 2.46. The van der Waals surface area contributed by atoms with E-state index >= 15 is 0 Å². The van der Waals surface area contributed by atoms with Crippen molar-refractivity contribution in [2.24, 2.45) is 5.14 Å². The van der Waals surface area contributed by atoms with Gasteiger partial charge in [0.15, 0.2) is 0 Å². The predicted octanol–water partition coefficient (Wildman–Crippen LogP) is 2.34. The van der Waals surface area contributed by atoms with Crippen LogP contribution in [-0.4, -0.2) is 19.9 Å². The van der Waals surface area contributed by atoms with Crippen molar-refractivity contribution in [3.05, 3.63) is 29.3 Å². The van der Waals surface area contributed by atoms with Gasteiger partial charge in [-0.25, -0.2) is 13.6 Å². The van der Waals surface area contributed by atoms with Gasteiger partial charge < -0.3 is 5.32 Å². The Morgan fingerprint density at radius 1 is 1.19 bits per heavy atom. The van der Waals surface area contributed by atoms with E-state index in [-0.39, 0.29) is 16.3 Å². The molecule has 6 heteroatoms. The Kier molecular flexibility index (Phi) is 5.53. The fourth-order valence-electron chi connectivity index (χ4n) is 2.38. The molecule has 0 radical (unpaired) electrons. The maximum absolute atomic E-state index is 12.4. The zero-order valence-electron chi connectivity index (χ0n) is 13.1. The van der Waals surface area contributed by atoms with E-state index in [1.807, 2.05) is 20.8 Å². The molecule has 118 valence electrons. The zero-order valence-corrected chi connectivity index (χ0v) is 13.9. The van der Waals surface area contributed by atoms with Crippen molar-refractivity contribution in [3.8, 4) is 0 Å². The second-order valence-electron chi connectivity index (χ2n) is 5.32. The summed E-state index contributed by atoms with van der Waals surface area (Å²) in [5.41, 5.74) is 0.579. The van der Waals surface area contributed by atoms with Crippen LogP contribution in [0, 0.1) is 6.92 Å². The van der Waals surface area contributed by atoms with Crippen molar-refractivity contribution in [2.45, 2.75) is 57.4 Å². The number of rotatable bonds is 6. The van der Waals surface area contributed by atoms with Gasteiger partial charge in [-0.15, -0.1) is 0 Å². The standard InChI is InChI=1S/C15H24N2O3S/c1-5-15(6-2,7-3)17-14(18)12-9-8-11(4)13(10-12)21(16,19)20/h8-10H,5-7H2,1-4H3,(H,17,18)(H2,16,19,20). The van der Waals surface area contributed by atoms with E-state index in [1.54, 1.807) is 19.1 Å². The predicted molar refractivity (Wildman–Crippen MR) is 83.6 cm³/mol. The Labute approximate surface area is 127 Å². The highest BCUT2D eigenvalue weighted by Gasteiger charge is 2.26. The first-order valence-electron chi connectivity index (χ1n) is 7.15. The minimum Gasteiger partial charge on any atom is -0.347 e.